The normalized spacial score (nSPS) is 14.1. The number of halogens is 1. The van der Waals surface area contributed by atoms with Crippen molar-refractivity contribution in [1.82, 2.24) is 5.32 Å². The van der Waals surface area contributed by atoms with Gasteiger partial charge in [-0.15, -0.1) is 0 Å². The van der Waals surface area contributed by atoms with E-state index in [0.717, 1.165) is 18.4 Å². The van der Waals surface area contributed by atoms with Gasteiger partial charge in [0.1, 0.15) is 0 Å². The van der Waals surface area contributed by atoms with Gasteiger partial charge in [-0.2, -0.15) is 0 Å². The fourth-order valence-electron chi connectivity index (χ4n) is 3.07. The standard InChI is InChI=1S/C20H22ClN3O2/c1-13-17(21)7-4-8-18(13)24-20(26)23-16-11-9-14(10-12-16)19(25)22-15-5-2-3-6-15/h4,7-12,15H,2-3,5-6H2,1H3,(H,22,25)(H2,23,24,26). The molecule has 0 bridgehead atoms. The summed E-state index contributed by atoms with van der Waals surface area (Å²) < 4.78 is 0. The number of rotatable bonds is 4. The molecule has 3 N–H and O–H groups in total. The molecule has 5 nitrogen and oxygen atoms in total. The number of carbonyl (C=O) groups is 2. The second-order valence-electron chi connectivity index (χ2n) is 6.52. The first-order valence-electron chi connectivity index (χ1n) is 8.77. The van der Waals surface area contributed by atoms with Crippen LogP contribution in [-0.4, -0.2) is 18.0 Å². The molecular formula is C20H22ClN3O2. The van der Waals surface area contributed by atoms with Crippen LogP contribution in [0.4, 0.5) is 16.2 Å². The molecule has 26 heavy (non-hydrogen) atoms. The van der Waals surface area contributed by atoms with E-state index in [0.29, 0.717) is 22.0 Å². The summed E-state index contributed by atoms with van der Waals surface area (Å²) in [7, 11) is 0. The molecule has 1 saturated carbocycles. The smallest absolute Gasteiger partial charge is 0.323 e. The lowest BCUT2D eigenvalue weighted by Crippen LogP contribution is -2.32. The van der Waals surface area contributed by atoms with Gasteiger partial charge in [0.25, 0.3) is 5.91 Å². The maximum Gasteiger partial charge on any atom is 0.323 e. The van der Waals surface area contributed by atoms with Gasteiger partial charge in [-0.05, 0) is 61.7 Å². The van der Waals surface area contributed by atoms with Gasteiger partial charge >= 0.3 is 6.03 Å². The molecule has 2 aromatic carbocycles. The summed E-state index contributed by atoms with van der Waals surface area (Å²) in [5.74, 6) is -0.0672. The monoisotopic (exact) mass is 371 g/mol. The van der Waals surface area contributed by atoms with E-state index in [4.69, 9.17) is 11.6 Å². The van der Waals surface area contributed by atoms with E-state index in [1.165, 1.54) is 12.8 Å². The first-order chi connectivity index (χ1) is 12.5. The average molecular weight is 372 g/mol. The number of hydrogen-bond donors (Lipinski definition) is 3. The van der Waals surface area contributed by atoms with Crippen LogP contribution in [0, 0.1) is 6.92 Å². The summed E-state index contributed by atoms with van der Waals surface area (Å²) in [6.45, 7) is 1.84. The highest BCUT2D eigenvalue weighted by atomic mass is 35.5. The Balaban J connectivity index is 1.57. The molecule has 1 aliphatic rings. The Morgan fingerprint density at radius 1 is 1.00 bits per heavy atom. The zero-order valence-electron chi connectivity index (χ0n) is 14.6. The quantitative estimate of drug-likeness (QED) is 0.710. The Morgan fingerprint density at radius 2 is 1.69 bits per heavy atom. The van der Waals surface area contributed by atoms with Crippen molar-refractivity contribution in [3.63, 3.8) is 0 Å². The van der Waals surface area contributed by atoms with Crippen molar-refractivity contribution in [3.8, 4) is 0 Å². The van der Waals surface area contributed by atoms with Crippen LogP contribution < -0.4 is 16.0 Å². The molecule has 3 rings (SSSR count). The van der Waals surface area contributed by atoms with Crippen molar-refractivity contribution in [2.75, 3.05) is 10.6 Å². The molecule has 0 spiro atoms. The van der Waals surface area contributed by atoms with Gasteiger partial charge in [0.15, 0.2) is 0 Å². The summed E-state index contributed by atoms with van der Waals surface area (Å²) in [6, 6.07) is 12.1. The van der Waals surface area contributed by atoms with Crippen molar-refractivity contribution in [1.29, 1.82) is 0 Å². The maximum atomic E-state index is 12.2. The van der Waals surface area contributed by atoms with Crippen LogP contribution in [0.1, 0.15) is 41.6 Å². The van der Waals surface area contributed by atoms with E-state index in [2.05, 4.69) is 16.0 Å². The third-order valence-electron chi connectivity index (χ3n) is 4.61. The van der Waals surface area contributed by atoms with Crippen LogP contribution in [0.15, 0.2) is 42.5 Å². The molecule has 0 radical (unpaired) electrons. The summed E-state index contributed by atoms with van der Waals surface area (Å²) >= 11 is 6.06. The number of anilines is 2. The highest BCUT2D eigenvalue weighted by Crippen LogP contribution is 2.23. The summed E-state index contributed by atoms with van der Waals surface area (Å²) in [6.07, 6.45) is 4.45. The fourth-order valence-corrected chi connectivity index (χ4v) is 3.25. The van der Waals surface area contributed by atoms with Crippen LogP contribution >= 0.6 is 11.6 Å². The first kappa shape index (κ1) is 18.3. The molecule has 1 fully saturated rings. The Kier molecular flexibility index (Phi) is 5.78. The second-order valence-corrected chi connectivity index (χ2v) is 6.93. The number of hydrogen-bond acceptors (Lipinski definition) is 2. The summed E-state index contributed by atoms with van der Waals surface area (Å²) in [5.41, 5.74) is 2.67. The molecule has 6 heteroatoms. The SMILES string of the molecule is Cc1c(Cl)cccc1NC(=O)Nc1ccc(C(=O)NC2CCCC2)cc1. The van der Waals surface area contributed by atoms with Crippen LogP contribution in [0.5, 0.6) is 0 Å². The zero-order valence-corrected chi connectivity index (χ0v) is 15.4. The molecule has 0 unspecified atom stereocenters. The molecule has 0 aliphatic heterocycles. The van der Waals surface area contributed by atoms with Gasteiger partial charge in [-0.3, -0.25) is 4.79 Å². The predicted molar refractivity (Wildman–Crippen MR) is 105 cm³/mol. The van der Waals surface area contributed by atoms with Crippen molar-refractivity contribution in [2.24, 2.45) is 0 Å². The average Bonchev–Trinajstić information content (AvgIpc) is 3.12. The zero-order chi connectivity index (χ0) is 18.5. The fraction of sp³-hybridized carbons (Fsp3) is 0.300. The lowest BCUT2D eigenvalue weighted by Gasteiger charge is -2.13. The minimum absolute atomic E-state index is 0.0672. The number of carbonyl (C=O) groups excluding carboxylic acids is 2. The largest absolute Gasteiger partial charge is 0.349 e. The van der Waals surface area contributed by atoms with Gasteiger partial charge in [-0.25, -0.2) is 4.79 Å². The highest BCUT2D eigenvalue weighted by Gasteiger charge is 2.17. The van der Waals surface area contributed by atoms with E-state index in [9.17, 15) is 9.59 Å². The Bertz CT molecular complexity index is 799. The van der Waals surface area contributed by atoms with E-state index < -0.39 is 0 Å². The molecule has 0 saturated heterocycles. The highest BCUT2D eigenvalue weighted by molar-refractivity contribution is 6.31. The third kappa shape index (κ3) is 4.55. The number of amides is 3. The predicted octanol–water partition coefficient (Wildman–Crippen LogP) is 4.96. The third-order valence-corrected chi connectivity index (χ3v) is 5.02. The van der Waals surface area contributed by atoms with E-state index in [1.807, 2.05) is 6.92 Å². The van der Waals surface area contributed by atoms with Gasteiger partial charge in [0.05, 0.1) is 0 Å². The van der Waals surface area contributed by atoms with Crippen molar-refractivity contribution < 1.29 is 9.59 Å². The topological polar surface area (TPSA) is 70.2 Å². The van der Waals surface area contributed by atoms with Crippen LogP contribution in [0.2, 0.25) is 5.02 Å². The second kappa shape index (κ2) is 8.23. The van der Waals surface area contributed by atoms with Crippen LogP contribution in [0.3, 0.4) is 0 Å². The minimum atomic E-state index is -0.362. The van der Waals surface area contributed by atoms with Crippen molar-refractivity contribution in [3.05, 3.63) is 58.6 Å². The Hall–Kier alpha value is -2.53. The number of nitrogens with one attached hydrogen (secondary N) is 3. The maximum absolute atomic E-state index is 12.2. The lowest BCUT2D eigenvalue weighted by molar-refractivity contribution is 0.0938. The molecule has 0 atom stereocenters. The Labute approximate surface area is 158 Å². The van der Waals surface area contributed by atoms with E-state index in [1.54, 1.807) is 42.5 Å². The Morgan fingerprint density at radius 3 is 2.38 bits per heavy atom. The lowest BCUT2D eigenvalue weighted by atomic mass is 10.1. The first-order valence-corrected chi connectivity index (χ1v) is 9.15. The van der Waals surface area contributed by atoms with E-state index in [-0.39, 0.29) is 18.0 Å². The number of benzene rings is 2. The summed E-state index contributed by atoms with van der Waals surface area (Å²) in [5, 5.41) is 9.17. The molecule has 136 valence electrons. The van der Waals surface area contributed by atoms with Crippen molar-refractivity contribution >= 4 is 34.9 Å². The molecule has 0 aromatic heterocycles. The number of urea groups is 1. The summed E-state index contributed by atoms with van der Waals surface area (Å²) in [4.78, 5) is 24.4. The van der Waals surface area contributed by atoms with Crippen molar-refractivity contribution in [2.45, 2.75) is 38.6 Å². The molecular weight excluding hydrogens is 350 g/mol. The van der Waals surface area contributed by atoms with Gasteiger partial charge in [-0.1, -0.05) is 30.5 Å². The molecule has 1 aliphatic carbocycles. The van der Waals surface area contributed by atoms with E-state index >= 15 is 0 Å². The van der Waals surface area contributed by atoms with Gasteiger partial charge in [0.2, 0.25) is 0 Å². The van der Waals surface area contributed by atoms with Crippen LogP contribution in [-0.2, 0) is 0 Å². The van der Waals surface area contributed by atoms with Gasteiger partial charge < -0.3 is 16.0 Å². The molecule has 2 aromatic rings. The minimum Gasteiger partial charge on any atom is -0.349 e. The van der Waals surface area contributed by atoms with Gasteiger partial charge in [0, 0.05) is 28.0 Å². The molecule has 0 heterocycles. The van der Waals surface area contributed by atoms with Crippen LogP contribution in [0.25, 0.3) is 0 Å². The molecule has 3 amide bonds.